The van der Waals surface area contributed by atoms with E-state index in [1.165, 1.54) is 56.9 Å². The van der Waals surface area contributed by atoms with E-state index in [9.17, 15) is 4.79 Å². The van der Waals surface area contributed by atoms with Crippen LogP contribution in [0.3, 0.4) is 0 Å². The number of hydrogen-bond acceptors (Lipinski definition) is 1. The molecule has 0 fully saturated rings. The van der Waals surface area contributed by atoms with Crippen LogP contribution in [0.5, 0.6) is 0 Å². The Hall–Kier alpha value is -0.590. The lowest BCUT2D eigenvalue weighted by Crippen LogP contribution is -2.06. The second-order valence-corrected chi connectivity index (χ2v) is 5.06. The smallest absolute Gasteiger partial charge is 0.120 e. The first kappa shape index (κ1) is 13.5. The van der Waals surface area contributed by atoms with Crippen LogP contribution in [0.1, 0.15) is 71.1 Å². The molecule has 0 N–H and O–H groups in total. The summed E-state index contributed by atoms with van der Waals surface area (Å²) < 4.78 is 0. The summed E-state index contributed by atoms with van der Waals surface area (Å²) in [6.45, 7) is 2.27. The van der Waals surface area contributed by atoms with E-state index in [1.807, 2.05) is 0 Å². The van der Waals surface area contributed by atoms with Crippen molar-refractivity contribution in [2.75, 3.05) is 0 Å². The lowest BCUT2D eigenvalue weighted by Gasteiger charge is -2.21. The molecule has 0 radical (unpaired) electrons. The van der Waals surface area contributed by atoms with Crippen LogP contribution in [0.15, 0.2) is 11.6 Å². The van der Waals surface area contributed by atoms with E-state index >= 15 is 0 Å². The maximum Gasteiger partial charge on any atom is 0.120 e. The molecule has 1 aliphatic rings. The molecule has 0 aliphatic heterocycles. The number of unbranched alkanes of at least 4 members (excludes halogenated alkanes) is 3. The van der Waals surface area contributed by atoms with Gasteiger partial charge in [-0.2, -0.15) is 0 Å². The van der Waals surface area contributed by atoms with Crippen molar-refractivity contribution in [2.24, 2.45) is 5.92 Å². The van der Waals surface area contributed by atoms with Gasteiger partial charge >= 0.3 is 0 Å². The van der Waals surface area contributed by atoms with Gasteiger partial charge in [-0.1, -0.05) is 50.7 Å². The highest BCUT2D eigenvalue weighted by Crippen LogP contribution is 2.29. The van der Waals surface area contributed by atoms with Crippen molar-refractivity contribution in [2.45, 2.75) is 71.1 Å². The monoisotopic (exact) mass is 222 g/mol. The molecule has 0 heterocycles. The van der Waals surface area contributed by atoms with Crippen LogP contribution in [-0.2, 0) is 4.79 Å². The first-order valence-corrected chi connectivity index (χ1v) is 6.98. The maximum absolute atomic E-state index is 10.3. The molecule has 0 aromatic rings. The quantitative estimate of drug-likeness (QED) is 0.331. The Morgan fingerprint density at radius 1 is 1.38 bits per heavy atom. The Kier molecular flexibility index (Phi) is 7.20. The van der Waals surface area contributed by atoms with E-state index < -0.39 is 0 Å². The number of allylic oxidation sites excluding steroid dienone is 2. The predicted octanol–water partition coefficient (Wildman–Crippen LogP) is 4.66. The van der Waals surface area contributed by atoms with Crippen LogP contribution in [-0.4, -0.2) is 6.29 Å². The summed E-state index contributed by atoms with van der Waals surface area (Å²) in [6, 6.07) is 0. The van der Waals surface area contributed by atoms with E-state index in [4.69, 9.17) is 0 Å². The largest absolute Gasteiger partial charge is 0.303 e. The third-order valence-corrected chi connectivity index (χ3v) is 3.66. The molecule has 0 amide bonds. The standard InChI is InChI=1S/C15H26O/c1-2-3-4-5-7-14-9-11-15(12-10-14)8-6-13-16/h11,13-14H,2-10,12H2,1H3/t14-/m1/s1. The highest BCUT2D eigenvalue weighted by molar-refractivity contribution is 5.49. The van der Waals surface area contributed by atoms with Crippen molar-refractivity contribution in [1.82, 2.24) is 0 Å². The number of carbonyl (C=O) groups excluding carboxylic acids is 1. The topological polar surface area (TPSA) is 17.1 Å². The van der Waals surface area contributed by atoms with Gasteiger partial charge in [0.2, 0.25) is 0 Å². The molecule has 0 aromatic carbocycles. The first-order chi connectivity index (χ1) is 7.86. The molecule has 1 nitrogen and oxygen atoms in total. The Morgan fingerprint density at radius 2 is 2.25 bits per heavy atom. The van der Waals surface area contributed by atoms with Crippen molar-refractivity contribution in [1.29, 1.82) is 0 Å². The van der Waals surface area contributed by atoms with Crippen LogP contribution >= 0.6 is 0 Å². The van der Waals surface area contributed by atoms with Crippen LogP contribution in [0.25, 0.3) is 0 Å². The summed E-state index contributed by atoms with van der Waals surface area (Å²) >= 11 is 0. The van der Waals surface area contributed by atoms with Gasteiger partial charge in [0.15, 0.2) is 0 Å². The fourth-order valence-corrected chi connectivity index (χ4v) is 2.54. The zero-order valence-corrected chi connectivity index (χ0v) is 10.7. The fraction of sp³-hybridized carbons (Fsp3) is 0.800. The lowest BCUT2D eigenvalue weighted by molar-refractivity contribution is -0.107. The number of hydrogen-bond donors (Lipinski definition) is 0. The molecule has 16 heavy (non-hydrogen) atoms. The third kappa shape index (κ3) is 5.48. The molecule has 0 unspecified atom stereocenters. The molecule has 92 valence electrons. The van der Waals surface area contributed by atoms with Gasteiger partial charge < -0.3 is 4.79 Å². The zero-order chi connectivity index (χ0) is 11.6. The maximum atomic E-state index is 10.3. The molecular weight excluding hydrogens is 196 g/mol. The van der Waals surface area contributed by atoms with Crippen LogP contribution in [0, 0.1) is 5.92 Å². The molecule has 1 atom stereocenters. The molecule has 0 saturated heterocycles. The van der Waals surface area contributed by atoms with Crippen molar-refractivity contribution in [3.63, 3.8) is 0 Å². The Labute approximate surface area is 100 Å². The van der Waals surface area contributed by atoms with E-state index in [2.05, 4.69) is 13.0 Å². The van der Waals surface area contributed by atoms with Crippen molar-refractivity contribution in [3.05, 3.63) is 11.6 Å². The number of rotatable bonds is 8. The second kappa shape index (κ2) is 8.55. The lowest BCUT2D eigenvalue weighted by atomic mass is 9.85. The summed E-state index contributed by atoms with van der Waals surface area (Å²) in [5.41, 5.74) is 1.52. The van der Waals surface area contributed by atoms with Gasteiger partial charge in [0.05, 0.1) is 0 Å². The van der Waals surface area contributed by atoms with Gasteiger partial charge in [0, 0.05) is 6.42 Å². The van der Waals surface area contributed by atoms with E-state index in [0.717, 1.165) is 18.6 Å². The molecule has 1 aliphatic carbocycles. The number of carbonyl (C=O) groups is 1. The SMILES string of the molecule is CCCCCC[C@@H]1CC=C(CCC=O)CC1. The molecular formula is C15H26O. The van der Waals surface area contributed by atoms with E-state index in [-0.39, 0.29) is 0 Å². The van der Waals surface area contributed by atoms with Gasteiger partial charge in [-0.3, -0.25) is 0 Å². The summed E-state index contributed by atoms with van der Waals surface area (Å²) in [4.78, 5) is 10.3. The van der Waals surface area contributed by atoms with Gasteiger partial charge in [0.1, 0.15) is 6.29 Å². The molecule has 1 heteroatoms. The van der Waals surface area contributed by atoms with Crippen molar-refractivity contribution < 1.29 is 4.79 Å². The summed E-state index contributed by atoms with van der Waals surface area (Å²) in [7, 11) is 0. The third-order valence-electron chi connectivity index (χ3n) is 3.66. The predicted molar refractivity (Wildman–Crippen MR) is 69.5 cm³/mol. The Morgan fingerprint density at radius 3 is 2.88 bits per heavy atom. The zero-order valence-electron chi connectivity index (χ0n) is 10.7. The molecule has 1 rings (SSSR count). The van der Waals surface area contributed by atoms with Crippen LogP contribution < -0.4 is 0 Å². The molecule has 0 spiro atoms. The summed E-state index contributed by atoms with van der Waals surface area (Å²) in [5.74, 6) is 0.928. The van der Waals surface area contributed by atoms with Gasteiger partial charge in [-0.15, -0.1) is 0 Å². The highest BCUT2D eigenvalue weighted by Gasteiger charge is 2.13. The van der Waals surface area contributed by atoms with E-state index in [0.29, 0.717) is 6.42 Å². The average Bonchev–Trinajstić information content (AvgIpc) is 2.33. The second-order valence-electron chi connectivity index (χ2n) is 5.06. The van der Waals surface area contributed by atoms with Crippen LogP contribution in [0.2, 0.25) is 0 Å². The van der Waals surface area contributed by atoms with Gasteiger partial charge in [-0.05, 0) is 31.6 Å². The minimum Gasteiger partial charge on any atom is -0.303 e. The van der Waals surface area contributed by atoms with Crippen LogP contribution in [0.4, 0.5) is 0 Å². The van der Waals surface area contributed by atoms with E-state index in [1.54, 1.807) is 0 Å². The Bertz CT molecular complexity index is 217. The van der Waals surface area contributed by atoms with Crippen molar-refractivity contribution >= 4 is 6.29 Å². The minimum atomic E-state index is 0.715. The van der Waals surface area contributed by atoms with Crippen molar-refractivity contribution in [3.8, 4) is 0 Å². The number of aldehydes is 1. The fourth-order valence-electron chi connectivity index (χ4n) is 2.54. The highest BCUT2D eigenvalue weighted by atomic mass is 16.1. The normalized spacial score (nSPS) is 20.6. The molecule has 0 bridgehead atoms. The first-order valence-electron chi connectivity index (χ1n) is 6.98. The molecule has 0 aromatic heterocycles. The molecule has 0 saturated carbocycles. The summed E-state index contributed by atoms with van der Waals surface area (Å²) in [5, 5.41) is 0. The summed E-state index contributed by atoms with van der Waals surface area (Å²) in [6.07, 6.45) is 16.0. The van der Waals surface area contributed by atoms with Gasteiger partial charge in [0.25, 0.3) is 0 Å². The average molecular weight is 222 g/mol. The van der Waals surface area contributed by atoms with Gasteiger partial charge in [-0.25, -0.2) is 0 Å². The Balaban J connectivity index is 2.10. The minimum absolute atomic E-state index is 0.715.